The van der Waals surface area contributed by atoms with Crippen LogP contribution in [-0.2, 0) is 21.4 Å². The summed E-state index contributed by atoms with van der Waals surface area (Å²) in [5.41, 5.74) is 1.43. The van der Waals surface area contributed by atoms with E-state index in [4.69, 9.17) is 11.6 Å². The Morgan fingerprint density at radius 3 is 2.34 bits per heavy atom. The summed E-state index contributed by atoms with van der Waals surface area (Å²) >= 11 is 6.76. The maximum Gasteiger partial charge on any atom is 0.252 e. The second-order valence-corrected chi connectivity index (χ2v) is 11.0. The summed E-state index contributed by atoms with van der Waals surface area (Å²) in [7, 11) is -0.792. The summed E-state index contributed by atoms with van der Waals surface area (Å²) in [6, 6.07) is 10.3. The Hall–Kier alpha value is -1.94. The SMILES string of the molecule is CN(Cc1ccc(C(=O)NC2CC2)cc1)C(=O)CN(C)S(=O)(=O)c1ccc(Cl)s1. The minimum absolute atomic E-state index is 0.0935. The molecule has 2 aromatic rings. The third-order valence-corrected chi connectivity index (χ3v) is 8.05. The molecule has 0 spiro atoms. The quantitative estimate of drug-likeness (QED) is 0.662. The number of sulfonamides is 1. The lowest BCUT2D eigenvalue weighted by atomic mass is 10.1. The van der Waals surface area contributed by atoms with Crippen molar-refractivity contribution < 1.29 is 18.0 Å². The first-order valence-corrected chi connectivity index (χ1v) is 11.7. The van der Waals surface area contributed by atoms with Gasteiger partial charge in [0.1, 0.15) is 4.21 Å². The van der Waals surface area contributed by atoms with Gasteiger partial charge in [0.05, 0.1) is 10.9 Å². The first-order chi connectivity index (χ1) is 13.7. The van der Waals surface area contributed by atoms with Crippen molar-refractivity contribution in [2.75, 3.05) is 20.6 Å². The molecule has 1 aliphatic carbocycles. The van der Waals surface area contributed by atoms with Crippen LogP contribution in [0.25, 0.3) is 0 Å². The Morgan fingerprint density at radius 1 is 1.14 bits per heavy atom. The van der Waals surface area contributed by atoms with Gasteiger partial charge in [0.15, 0.2) is 0 Å². The van der Waals surface area contributed by atoms with Crippen molar-refractivity contribution in [1.29, 1.82) is 0 Å². The van der Waals surface area contributed by atoms with E-state index in [1.54, 1.807) is 31.3 Å². The van der Waals surface area contributed by atoms with Gasteiger partial charge in [-0.3, -0.25) is 9.59 Å². The average Bonchev–Trinajstić information content (AvgIpc) is 3.38. The summed E-state index contributed by atoms with van der Waals surface area (Å²) in [6.07, 6.45) is 2.06. The maximum atomic E-state index is 12.5. The minimum Gasteiger partial charge on any atom is -0.349 e. The van der Waals surface area contributed by atoms with Gasteiger partial charge in [0, 0.05) is 32.2 Å². The zero-order chi connectivity index (χ0) is 21.2. The highest BCUT2D eigenvalue weighted by Crippen LogP contribution is 2.27. The number of carbonyl (C=O) groups is 2. The molecule has 0 saturated heterocycles. The number of hydrogen-bond donors (Lipinski definition) is 1. The van der Waals surface area contributed by atoms with Crippen LogP contribution >= 0.6 is 22.9 Å². The monoisotopic (exact) mass is 455 g/mol. The summed E-state index contributed by atoms with van der Waals surface area (Å²) in [5, 5.41) is 2.93. The normalized spacial score (nSPS) is 14.1. The van der Waals surface area contributed by atoms with Gasteiger partial charge in [-0.2, -0.15) is 4.31 Å². The molecule has 1 heterocycles. The molecule has 2 amide bonds. The molecular weight excluding hydrogens is 434 g/mol. The number of likely N-dealkylation sites (N-methyl/N-ethyl adjacent to an activating group) is 2. The Morgan fingerprint density at radius 2 is 1.79 bits per heavy atom. The van der Waals surface area contributed by atoms with Crippen LogP contribution in [0.2, 0.25) is 4.34 Å². The number of rotatable bonds is 8. The maximum absolute atomic E-state index is 12.5. The first-order valence-electron chi connectivity index (χ1n) is 9.02. The number of carbonyl (C=O) groups excluding carboxylic acids is 2. The van der Waals surface area contributed by atoms with Crippen molar-refractivity contribution in [1.82, 2.24) is 14.5 Å². The minimum atomic E-state index is -3.76. The molecule has 0 bridgehead atoms. The van der Waals surface area contributed by atoms with Gasteiger partial charge < -0.3 is 10.2 Å². The summed E-state index contributed by atoms with van der Waals surface area (Å²) in [5.74, 6) is -0.432. The van der Waals surface area contributed by atoms with Crippen LogP contribution in [0.4, 0.5) is 0 Å². The van der Waals surface area contributed by atoms with Crippen molar-refractivity contribution in [3.05, 3.63) is 51.9 Å². The fourth-order valence-corrected chi connectivity index (χ4v) is 5.42. The van der Waals surface area contributed by atoms with Crippen LogP contribution in [0, 0.1) is 0 Å². The molecule has 156 valence electrons. The number of thiophene rings is 1. The lowest BCUT2D eigenvalue weighted by molar-refractivity contribution is -0.130. The van der Waals surface area contributed by atoms with E-state index in [9.17, 15) is 18.0 Å². The molecule has 1 aromatic heterocycles. The van der Waals surface area contributed by atoms with Crippen molar-refractivity contribution >= 4 is 44.8 Å². The van der Waals surface area contributed by atoms with Gasteiger partial charge in [-0.1, -0.05) is 23.7 Å². The second-order valence-electron chi connectivity index (χ2n) is 7.01. The van der Waals surface area contributed by atoms with Gasteiger partial charge in [-0.25, -0.2) is 8.42 Å². The van der Waals surface area contributed by atoms with Gasteiger partial charge in [0.25, 0.3) is 15.9 Å². The summed E-state index contributed by atoms with van der Waals surface area (Å²) in [6.45, 7) is 0.0261. The Bertz CT molecular complexity index is 1000. The molecule has 7 nitrogen and oxygen atoms in total. The third kappa shape index (κ3) is 5.57. The molecule has 1 fully saturated rings. The van der Waals surface area contributed by atoms with Crippen LogP contribution in [0.3, 0.4) is 0 Å². The van der Waals surface area contributed by atoms with Gasteiger partial charge in [-0.15, -0.1) is 11.3 Å². The highest BCUT2D eigenvalue weighted by Gasteiger charge is 2.26. The standard InChI is InChI=1S/C19H22ClN3O4S2/c1-22(11-13-3-5-14(6-4-13)19(25)21-15-7-8-15)17(24)12-23(2)29(26,27)18-10-9-16(20)28-18/h3-6,9-10,15H,7-8,11-12H2,1-2H3,(H,21,25). The molecule has 0 atom stereocenters. The van der Waals surface area contributed by atoms with Crippen LogP contribution in [0.15, 0.2) is 40.6 Å². The van der Waals surface area contributed by atoms with E-state index in [1.165, 1.54) is 24.1 Å². The van der Waals surface area contributed by atoms with Gasteiger partial charge in [0.2, 0.25) is 5.91 Å². The van der Waals surface area contributed by atoms with E-state index in [2.05, 4.69) is 5.32 Å². The third-order valence-electron chi connectivity index (χ3n) is 4.55. The van der Waals surface area contributed by atoms with E-state index >= 15 is 0 Å². The fourth-order valence-electron chi connectivity index (χ4n) is 2.61. The fraction of sp³-hybridized carbons (Fsp3) is 0.368. The molecule has 10 heteroatoms. The Balaban J connectivity index is 1.56. The highest BCUT2D eigenvalue weighted by atomic mass is 35.5. The number of nitrogens with zero attached hydrogens (tertiary/aromatic N) is 2. The topological polar surface area (TPSA) is 86.8 Å². The predicted molar refractivity (Wildman–Crippen MR) is 113 cm³/mol. The largest absolute Gasteiger partial charge is 0.349 e. The smallest absolute Gasteiger partial charge is 0.252 e. The van der Waals surface area contributed by atoms with Gasteiger partial charge >= 0.3 is 0 Å². The van der Waals surface area contributed by atoms with E-state index < -0.39 is 10.0 Å². The highest BCUT2D eigenvalue weighted by molar-refractivity contribution is 7.91. The predicted octanol–water partition coefficient (Wildman–Crippen LogP) is 2.57. The number of benzene rings is 1. The van der Waals surface area contributed by atoms with Crippen molar-refractivity contribution in [2.45, 2.75) is 29.6 Å². The molecule has 1 saturated carbocycles. The molecule has 1 aliphatic rings. The van der Waals surface area contributed by atoms with Gasteiger partial charge in [-0.05, 0) is 42.7 Å². The van der Waals surface area contributed by atoms with E-state index in [0.29, 0.717) is 22.5 Å². The number of amides is 2. The average molecular weight is 456 g/mol. The molecule has 0 aliphatic heterocycles. The summed E-state index contributed by atoms with van der Waals surface area (Å²) < 4.78 is 26.5. The van der Waals surface area contributed by atoms with E-state index in [-0.39, 0.29) is 22.6 Å². The lowest BCUT2D eigenvalue weighted by Gasteiger charge is -2.21. The summed E-state index contributed by atoms with van der Waals surface area (Å²) in [4.78, 5) is 26.0. The zero-order valence-corrected chi connectivity index (χ0v) is 18.5. The number of halogens is 1. The molecule has 1 aromatic carbocycles. The first kappa shape index (κ1) is 21.8. The molecule has 0 unspecified atom stereocenters. The lowest BCUT2D eigenvalue weighted by Crippen LogP contribution is -2.38. The van der Waals surface area contributed by atoms with E-state index in [0.717, 1.165) is 34.0 Å². The molecular formula is C19H22ClN3O4S2. The van der Waals surface area contributed by atoms with E-state index in [1.807, 2.05) is 0 Å². The van der Waals surface area contributed by atoms with Crippen LogP contribution in [0.1, 0.15) is 28.8 Å². The van der Waals surface area contributed by atoms with Crippen LogP contribution in [0.5, 0.6) is 0 Å². The van der Waals surface area contributed by atoms with Crippen molar-refractivity contribution in [3.8, 4) is 0 Å². The Labute approximate surface area is 179 Å². The molecule has 3 rings (SSSR count). The number of hydrogen-bond acceptors (Lipinski definition) is 5. The molecule has 29 heavy (non-hydrogen) atoms. The molecule has 1 N–H and O–H groups in total. The Kier molecular flexibility index (Phi) is 6.62. The van der Waals surface area contributed by atoms with Crippen LogP contribution in [-0.4, -0.2) is 56.1 Å². The van der Waals surface area contributed by atoms with Crippen molar-refractivity contribution in [3.63, 3.8) is 0 Å². The molecule has 0 radical (unpaired) electrons. The van der Waals surface area contributed by atoms with Crippen LogP contribution < -0.4 is 5.32 Å². The van der Waals surface area contributed by atoms with Crippen molar-refractivity contribution in [2.24, 2.45) is 0 Å². The number of nitrogens with one attached hydrogen (secondary N) is 1. The second kappa shape index (κ2) is 8.83. The zero-order valence-electron chi connectivity index (χ0n) is 16.1.